The summed E-state index contributed by atoms with van der Waals surface area (Å²) in [4.78, 5) is 22.2. The largest absolute Gasteiger partial charge is 0.355 e. The van der Waals surface area contributed by atoms with Gasteiger partial charge in [-0.2, -0.15) is 4.98 Å². The summed E-state index contributed by atoms with van der Waals surface area (Å²) in [5, 5.41) is 9.11. The predicted molar refractivity (Wildman–Crippen MR) is 117 cm³/mol. The number of amides is 1. The Bertz CT molecular complexity index is 905. The molecule has 0 spiro atoms. The third kappa shape index (κ3) is 5.98. The first kappa shape index (κ1) is 20.7. The van der Waals surface area contributed by atoms with E-state index in [9.17, 15) is 4.79 Å². The van der Waals surface area contributed by atoms with E-state index in [2.05, 4.69) is 49.5 Å². The normalized spacial score (nSPS) is 15.3. The summed E-state index contributed by atoms with van der Waals surface area (Å²) in [6.07, 6.45) is 1.95. The maximum absolute atomic E-state index is 12.2. The third-order valence-corrected chi connectivity index (χ3v) is 6.07. The summed E-state index contributed by atoms with van der Waals surface area (Å²) in [7, 11) is 0. The fourth-order valence-electron chi connectivity index (χ4n) is 3.55. The Morgan fingerprint density at radius 2 is 1.87 bits per heavy atom. The standard InChI is InChI=1S/C22H27N5O2S/c28-20(23-10-4-8-18-6-2-1-3-7-18)16-26-11-13-27(14-12-26)17-21-24-22(25-29-21)19-9-5-15-30-19/h1-3,5-7,9,15H,4,8,10-14,16-17H2,(H,23,28). The van der Waals surface area contributed by atoms with Crippen molar-refractivity contribution in [2.75, 3.05) is 39.3 Å². The van der Waals surface area contributed by atoms with Crippen LogP contribution in [-0.4, -0.2) is 65.1 Å². The number of carbonyl (C=O) groups is 1. The number of nitrogens with one attached hydrogen (secondary N) is 1. The van der Waals surface area contributed by atoms with Gasteiger partial charge in [0.1, 0.15) is 0 Å². The Kier molecular flexibility index (Phi) is 7.23. The van der Waals surface area contributed by atoms with Crippen LogP contribution < -0.4 is 5.32 Å². The maximum atomic E-state index is 12.2. The van der Waals surface area contributed by atoms with Crippen LogP contribution in [0.25, 0.3) is 10.7 Å². The molecule has 1 N–H and O–H groups in total. The molecule has 3 heterocycles. The highest BCUT2D eigenvalue weighted by Crippen LogP contribution is 2.21. The van der Waals surface area contributed by atoms with Crippen LogP contribution in [0, 0.1) is 0 Å². The van der Waals surface area contributed by atoms with E-state index in [0.717, 1.165) is 50.4 Å². The lowest BCUT2D eigenvalue weighted by Crippen LogP contribution is -2.49. The molecule has 0 atom stereocenters. The lowest BCUT2D eigenvalue weighted by atomic mass is 10.1. The molecule has 3 aromatic rings. The molecule has 1 fully saturated rings. The van der Waals surface area contributed by atoms with Crippen LogP contribution >= 0.6 is 11.3 Å². The van der Waals surface area contributed by atoms with E-state index >= 15 is 0 Å². The number of piperazine rings is 1. The van der Waals surface area contributed by atoms with Crippen LogP contribution in [-0.2, 0) is 17.8 Å². The fourth-order valence-corrected chi connectivity index (χ4v) is 4.19. The number of nitrogens with zero attached hydrogens (tertiary/aromatic N) is 4. The molecule has 30 heavy (non-hydrogen) atoms. The minimum atomic E-state index is 0.106. The summed E-state index contributed by atoms with van der Waals surface area (Å²) in [5.41, 5.74) is 1.31. The van der Waals surface area contributed by atoms with Crippen LogP contribution in [0.2, 0.25) is 0 Å². The van der Waals surface area contributed by atoms with E-state index in [1.54, 1.807) is 11.3 Å². The molecule has 7 nitrogen and oxygen atoms in total. The number of carbonyl (C=O) groups excluding carboxylic acids is 1. The SMILES string of the molecule is O=C(CN1CCN(Cc2nc(-c3cccs3)no2)CC1)NCCCc1ccccc1. The zero-order valence-electron chi connectivity index (χ0n) is 17.0. The lowest BCUT2D eigenvalue weighted by molar-refractivity contribution is -0.122. The minimum absolute atomic E-state index is 0.106. The van der Waals surface area contributed by atoms with Crippen molar-refractivity contribution in [3.63, 3.8) is 0 Å². The molecule has 8 heteroatoms. The van der Waals surface area contributed by atoms with Crippen LogP contribution in [0.4, 0.5) is 0 Å². The van der Waals surface area contributed by atoms with Gasteiger partial charge in [0.25, 0.3) is 0 Å². The number of rotatable bonds is 9. The van der Waals surface area contributed by atoms with Crippen molar-refractivity contribution >= 4 is 17.2 Å². The van der Waals surface area contributed by atoms with Gasteiger partial charge in [0.2, 0.25) is 17.6 Å². The maximum Gasteiger partial charge on any atom is 0.241 e. The van der Waals surface area contributed by atoms with Crippen LogP contribution in [0.1, 0.15) is 17.9 Å². The molecule has 0 unspecified atom stereocenters. The summed E-state index contributed by atoms with van der Waals surface area (Å²) in [6.45, 7) is 5.33. The predicted octanol–water partition coefficient (Wildman–Crippen LogP) is 2.66. The second kappa shape index (κ2) is 10.5. The molecule has 1 saturated heterocycles. The average Bonchev–Trinajstić information content (AvgIpc) is 3.45. The Morgan fingerprint density at radius 3 is 2.63 bits per heavy atom. The number of aryl methyl sites for hydroxylation is 1. The third-order valence-electron chi connectivity index (χ3n) is 5.21. The van der Waals surface area contributed by atoms with Crippen molar-refractivity contribution in [3.8, 4) is 10.7 Å². The second-order valence-electron chi connectivity index (χ2n) is 7.48. The van der Waals surface area contributed by atoms with Crippen molar-refractivity contribution in [3.05, 3.63) is 59.3 Å². The van der Waals surface area contributed by atoms with E-state index in [1.165, 1.54) is 5.56 Å². The molecule has 0 bridgehead atoms. The number of thiophene rings is 1. The molecule has 1 amide bonds. The van der Waals surface area contributed by atoms with E-state index < -0.39 is 0 Å². The summed E-state index contributed by atoms with van der Waals surface area (Å²) < 4.78 is 5.40. The van der Waals surface area contributed by atoms with E-state index in [4.69, 9.17) is 4.52 Å². The van der Waals surface area contributed by atoms with E-state index in [1.807, 2.05) is 23.6 Å². The number of aromatic nitrogens is 2. The number of benzene rings is 1. The van der Waals surface area contributed by atoms with Crippen molar-refractivity contribution in [2.45, 2.75) is 19.4 Å². The topological polar surface area (TPSA) is 74.5 Å². The number of hydrogen-bond donors (Lipinski definition) is 1. The van der Waals surface area contributed by atoms with Gasteiger partial charge in [0.15, 0.2) is 0 Å². The van der Waals surface area contributed by atoms with Crippen molar-refractivity contribution in [1.29, 1.82) is 0 Å². The molecule has 1 aromatic carbocycles. The first-order valence-electron chi connectivity index (χ1n) is 10.4. The highest BCUT2D eigenvalue weighted by atomic mass is 32.1. The van der Waals surface area contributed by atoms with Gasteiger partial charge in [-0.3, -0.25) is 14.6 Å². The Balaban J connectivity index is 1.12. The van der Waals surface area contributed by atoms with Crippen LogP contribution in [0.5, 0.6) is 0 Å². The van der Waals surface area contributed by atoms with Gasteiger partial charge in [-0.05, 0) is 29.9 Å². The first-order chi connectivity index (χ1) is 14.8. The smallest absolute Gasteiger partial charge is 0.241 e. The Morgan fingerprint density at radius 1 is 1.07 bits per heavy atom. The molecular weight excluding hydrogens is 398 g/mol. The monoisotopic (exact) mass is 425 g/mol. The van der Waals surface area contributed by atoms with E-state index in [0.29, 0.717) is 24.8 Å². The van der Waals surface area contributed by atoms with Gasteiger partial charge in [-0.15, -0.1) is 11.3 Å². The van der Waals surface area contributed by atoms with Gasteiger partial charge in [-0.1, -0.05) is 41.6 Å². The molecule has 0 aliphatic carbocycles. The Hall–Kier alpha value is -2.55. The van der Waals surface area contributed by atoms with Crippen molar-refractivity contribution < 1.29 is 9.32 Å². The number of hydrogen-bond acceptors (Lipinski definition) is 7. The first-order valence-corrected chi connectivity index (χ1v) is 11.3. The summed E-state index contributed by atoms with van der Waals surface area (Å²) in [6, 6.07) is 14.3. The fraction of sp³-hybridized carbons (Fsp3) is 0.409. The average molecular weight is 426 g/mol. The molecule has 4 rings (SSSR count). The van der Waals surface area contributed by atoms with Gasteiger partial charge >= 0.3 is 0 Å². The molecule has 1 aliphatic rings. The minimum Gasteiger partial charge on any atom is -0.355 e. The summed E-state index contributed by atoms with van der Waals surface area (Å²) >= 11 is 1.60. The van der Waals surface area contributed by atoms with Crippen molar-refractivity contribution in [1.82, 2.24) is 25.3 Å². The van der Waals surface area contributed by atoms with E-state index in [-0.39, 0.29) is 5.91 Å². The van der Waals surface area contributed by atoms with Crippen LogP contribution in [0.3, 0.4) is 0 Å². The highest BCUT2D eigenvalue weighted by molar-refractivity contribution is 7.13. The molecule has 2 aromatic heterocycles. The van der Waals surface area contributed by atoms with Gasteiger partial charge in [0.05, 0.1) is 18.0 Å². The van der Waals surface area contributed by atoms with Gasteiger partial charge in [0, 0.05) is 32.7 Å². The zero-order valence-corrected chi connectivity index (χ0v) is 17.8. The lowest BCUT2D eigenvalue weighted by Gasteiger charge is -2.33. The van der Waals surface area contributed by atoms with Crippen LogP contribution in [0.15, 0.2) is 52.4 Å². The van der Waals surface area contributed by atoms with Gasteiger partial charge < -0.3 is 9.84 Å². The molecule has 158 valence electrons. The molecule has 0 saturated carbocycles. The molecule has 0 radical (unpaired) electrons. The quantitative estimate of drug-likeness (QED) is 0.532. The molecule has 1 aliphatic heterocycles. The van der Waals surface area contributed by atoms with Gasteiger partial charge in [-0.25, -0.2) is 0 Å². The van der Waals surface area contributed by atoms with Crippen molar-refractivity contribution in [2.24, 2.45) is 0 Å². The highest BCUT2D eigenvalue weighted by Gasteiger charge is 2.21. The summed E-state index contributed by atoms with van der Waals surface area (Å²) in [5.74, 6) is 1.40. The molecular formula is C22H27N5O2S. The second-order valence-corrected chi connectivity index (χ2v) is 8.43. The Labute approximate surface area is 180 Å². The zero-order chi connectivity index (χ0) is 20.6.